The Bertz CT molecular complexity index is 63.4. The summed E-state index contributed by atoms with van der Waals surface area (Å²) in [7, 11) is 2.26. The first-order chi connectivity index (χ1) is 4.24. The molecule has 0 heterocycles. The van der Waals surface area contributed by atoms with Gasteiger partial charge in [0.05, 0.1) is 0 Å². The Balaban J connectivity index is 0. The van der Waals surface area contributed by atoms with E-state index in [1.807, 2.05) is 0 Å². The van der Waals surface area contributed by atoms with Crippen LogP contribution in [0.2, 0.25) is 0 Å². The topological polar surface area (TPSA) is 27.7 Å². The summed E-state index contributed by atoms with van der Waals surface area (Å²) >= 11 is 4.77. The molecule has 0 aromatic heterocycles. The van der Waals surface area contributed by atoms with Gasteiger partial charge in [0.2, 0.25) is 0 Å². The Hall–Kier alpha value is 1.45. The monoisotopic (exact) mass is 190 g/mol. The first-order valence-electron chi connectivity index (χ1n) is 2.48. The van der Waals surface area contributed by atoms with Crippen LogP contribution in [0.15, 0.2) is 0 Å². The van der Waals surface area contributed by atoms with E-state index in [4.69, 9.17) is 25.9 Å². The number of hydrogen-bond donors (Lipinski definition) is 0. The third-order valence-electron chi connectivity index (χ3n) is 1.11. The first kappa shape index (κ1) is 14.0. The Kier molecular flexibility index (Phi) is 9.96. The van der Waals surface area contributed by atoms with Gasteiger partial charge < -0.3 is 25.9 Å². The molecule has 0 atom stereocenters. The summed E-state index contributed by atoms with van der Waals surface area (Å²) in [6.45, 7) is 0. The molecule has 0 amide bonds. The zero-order chi connectivity index (χ0) is 7.33. The van der Waals surface area contributed by atoms with Crippen LogP contribution in [0.25, 0.3) is 0 Å². The van der Waals surface area contributed by atoms with Crippen LogP contribution in [-0.4, -0.2) is 35.5 Å². The summed E-state index contributed by atoms with van der Waals surface area (Å²) in [4.78, 5) is 0. The van der Waals surface area contributed by atoms with Gasteiger partial charge in [0.1, 0.15) is 0 Å². The quantitative estimate of drug-likeness (QED) is 0.348. The molecule has 0 unspecified atom stereocenters. The summed E-state index contributed by atoms with van der Waals surface area (Å²) in [6, 6.07) is 0. The van der Waals surface area contributed by atoms with Crippen molar-refractivity contribution in [3.8, 4) is 0 Å². The van der Waals surface area contributed by atoms with Gasteiger partial charge in [0, 0.05) is 21.3 Å². The van der Waals surface area contributed by atoms with Gasteiger partial charge >= 0.3 is 38.4 Å². The second kappa shape index (κ2) is 7.12. The van der Waals surface area contributed by atoms with Crippen molar-refractivity contribution in [3.05, 3.63) is 0 Å². The van der Waals surface area contributed by atoms with Crippen LogP contribution < -0.4 is 29.6 Å². The van der Waals surface area contributed by atoms with Crippen molar-refractivity contribution < 1.29 is 42.8 Å². The summed E-state index contributed by atoms with van der Waals surface area (Å²) in [6.07, 6.45) is 0. The number of rotatable bonds is 4. The van der Waals surface area contributed by atoms with E-state index in [-0.39, 0.29) is 29.6 Å². The minimum Gasteiger partial charge on any atom is -0.789 e. The molecule has 0 saturated heterocycles. The molecule has 3 nitrogen and oxygen atoms in total. The van der Waals surface area contributed by atoms with E-state index >= 15 is 0 Å². The van der Waals surface area contributed by atoms with Crippen LogP contribution in [0.4, 0.5) is 0 Å². The Morgan fingerprint density at radius 2 is 1.40 bits per heavy atom. The van der Waals surface area contributed by atoms with Crippen LogP contribution in [-0.2, 0) is 25.9 Å². The minimum absolute atomic E-state index is 0. The molecule has 0 spiro atoms. The van der Waals surface area contributed by atoms with Crippen LogP contribution in [0.3, 0.4) is 0 Å². The third-order valence-corrected chi connectivity index (χ3v) is 4.39. The van der Waals surface area contributed by atoms with Gasteiger partial charge in [0.15, 0.2) is 0 Å². The maximum Gasteiger partial charge on any atom is 1.00 e. The van der Waals surface area contributed by atoms with Gasteiger partial charge in [-0.25, -0.2) is 0 Å². The molecule has 0 radical (unpaired) electrons. The Morgan fingerprint density at radius 1 is 1.10 bits per heavy atom. The SMILES string of the molecule is CO[Si](C[S-])(OC)OC.[Na+]. The third kappa shape index (κ3) is 3.73. The van der Waals surface area contributed by atoms with Crippen molar-refractivity contribution in [2.75, 3.05) is 26.7 Å². The molecule has 0 N–H and O–H groups in total. The average molecular weight is 190 g/mol. The molecule has 0 aliphatic heterocycles. The van der Waals surface area contributed by atoms with E-state index in [9.17, 15) is 0 Å². The zero-order valence-corrected chi connectivity index (χ0v) is 10.7. The molecule has 10 heavy (non-hydrogen) atoms. The smallest absolute Gasteiger partial charge is 0.789 e. The summed E-state index contributed by atoms with van der Waals surface area (Å²) in [5.74, 6) is 0. The van der Waals surface area contributed by atoms with E-state index in [1.165, 1.54) is 0 Å². The van der Waals surface area contributed by atoms with Crippen LogP contribution in [0.1, 0.15) is 0 Å². The molecule has 56 valence electrons. The Morgan fingerprint density at radius 3 is 1.40 bits per heavy atom. The fourth-order valence-corrected chi connectivity index (χ4v) is 2.34. The van der Waals surface area contributed by atoms with E-state index in [0.717, 1.165) is 0 Å². The molecule has 0 aromatic carbocycles. The molecule has 0 rings (SSSR count). The molecule has 0 fully saturated rings. The van der Waals surface area contributed by atoms with Gasteiger partial charge in [-0.05, 0) is 0 Å². The molecule has 0 aliphatic rings. The molecular formula is C4H11NaO3SSi. The van der Waals surface area contributed by atoms with Gasteiger partial charge in [-0.15, -0.1) is 5.38 Å². The van der Waals surface area contributed by atoms with Gasteiger partial charge in [-0.1, -0.05) is 0 Å². The first-order valence-corrected chi connectivity index (χ1v) is 4.99. The van der Waals surface area contributed by atoms with Crippen molar-refractivity contribution in [3.63, 3.8) is 0 Å². The van der Waals surface area contributed by atoms with E-state index < -0.39 is 8.80 Å². The van der Waals surface area contributed by atoms with Crippen molar-refractivity contribution >= 4 is 21.4 Å². The molecule has 6 heteroatoms. The van der Waals surface area contributed by atoms with Crippen LogP contribution >= 0.6 is 0 Å². The molecule has 0 saturated carbocycles. The normalized spacial score (nSPS) is 10.8. The molecular weight excluding hydrogens is 179 g/mol. The molecule has 0 bridgehead atoms. The Labute approximate surface area is 90.5 Å². The van der Waals surface area contributed by atoms with Crippen LogP contribution in [0, 0.1) is 0 Å². The van der Waals surface area contributed by atoms with Crippen molar-refractivity contribution in [2.24, 2.45) is 0 Å². The van der Waals surface area contributed by atoms with Crippen LogP contribution in [0.5, 0.6) is 0 Å². The minimum atomic E-state index is -2.38. The maximum absolute atomic E-state index is 4.98. The van der Waals surface area contributed by atoms with Crippen molar-refractivity contribution in [2.45, 2.75) is 0 Å². The summed E-state index contributed by atoms with van der Waals surface area (Å²) < 4.78 is 14.9. The van der Waals surface area contributed by atoms with Crippen molar-refractivity contribution in [1.29, 1.82) is 0 Å². The fourth-order valence-electron chi connectivity index (χ4n) is 0.427. The van der Waals surface area contributed by atoms with E-state index in [0.29, 0.717) is 5.38 Å². The predicted octanol–water partition coefficient (Wildman–Crippen LogP) is -3.05. The second-order valence-electron chi connectivity index (χ2n) is 1.44. The predicted molar refractivity (Wildman–Crippen MR) is 39.0 cm³/mol. The molecule has 0 aromatic rings. The number of hydrogen-bond acceptors (Lipinski definition) is 4. The largest absolute Gasteiger partial charge is 1.00 e. The van der Waals surface area contributed by atoms with Gasteiger partial charge in [-0.2, -0.15) is 0 Å². The summed E-state index contributed by atoms with van der Waals surface area (Å²) in [5.41, 5.74) is 0. The second-order valence-corrected chi connectivity index (χ2v) is 5.19. The van der Waals surface area contributed by atoms with Gasteiger partial charge in [0.25, 0.3) is 0 Å². The summed E-state index contributed by atoms with van der Waals surface area (Å²) in [5, 5.41) is 0.399. The zero-order valence-electron chi connectivity index (χ0n) is 6.84. The van der Waals surface area contributed by atoms with Gasteiger partial charge in [-0.3, -0.25) is 0 Å². The maximum atomic E-state index is 4.98. The fraction of sp³-hybridized carbons (Fsp3) is 1.00. The average Bonchev–Trinajstić information content (AvgIpc) is 1.95. The standard InChI is InChI=1S/C4H12O3SSi.Na/c1-5-9(4-8,6-2)7-3;/h8H,4H2,1-3H3;/q;+1/p-1. The van der Waals surface area contributed by atoms with E-state index in [1.54, 1.807) is 21.3 Å². The van der Waals surface area contributed by atoms with E-state index in [2.05, 4.69) is 0 Å². The molecule has 0 aliphatic carbocycles. The van der Waals surface area contributed by atoms with Crippen molar-refractivity contribution in [1.82, 2.24) is 0 Å².